The van der Waals surface area contributed by atoms with Crippen LogP contribution in [0, 0.1) is 68.5 Å². The molecular weight excluding hydrogens is 530 g/mol. The van der Waals surface area contributed by atoms with Gasteiger partial charge in [0.2, 0.25) is 0 Å². The van der Waals surface area contributed by atoms with Crippen molar-refractivity contribution in [1.82, 2.24) is 4.90 Å². The Bertz CT molecular complexity index is 1170. The van der Waals surface area contributed by atoms with Gasteiger partial charge in [0.1, 0.15) is 12.2 Å². The third-order valence-electron chi connectivity index (χ3n) is 15.7. The molecule has 0 radical (unpaired) electrons. The molecule has 1 aliphatic heterocycles. The van der Waals surface area contributed by atoms with Gasteiger partial charge in [0, 0.05) is 17.8 Å². The fourth-order valence-corrected chi connectivity index (χ4v) is 13.4. The highest BCUT2D eigenvalue weighted by Gasteiger charge is 2.71. The molecule has 1 N–H and O–H groups in total. The van der Waals surface area contributed by atoms with Gasteiger partial charge in [-0.15, -0.1) is 0 Å². The summed E-state index contributed by atoms with van der Waals surface area (Å²) in [6, 6.07) is 0. The fourth-order valence-electron chi connectivity index (χ4n) is 13.4. The second kappa shape index (κ2) is 10.9. The third-order valence-corrected chi connectivity index (χ3v) is 15.7. The Labute approximate surface area is 263 Å². The number of carbonyl (C=O) groups is 1. The van der Waals surface area contributed by atoms with Crippen LogP contribution in [-0.4, -0.2) is 47.8 Å². The Morgan fingerprint density at radius 2 is 1.63 bits per heavy atom. The van der Waals surface area contributed by atoms with Crippen molar-refractivity contribution in [3.8, 4) is 11.8 Å². The Morgan fingerprint density at radius 3 is 2.30 bits per heavy atom. The highest BCUT2D eigenvalue weighted by molar-refractivity contribution is 5.66. The molecule has 11 atom stereocenters. The van der Waals surface area contributed by atoms with Gasteiger partial charge in [-0.3, -0.25) is 9.69 Å². The maximum atomic E-state index is 12.0. The average molecular weight is 592 g/mol. The van der Waals surface area contributed by atoms with E-state index in [1.807, 2.05) is 0 Å². The van der Waals surface area contributed by atoms with Crippen LogP contribution in [0.15, 0.2) is 12.2 Å². The summed E-state index contributed by atoms with van der Waals surface area (Å²) in [5.41, 5.74) is 2.00. The minimum Gasteiger partial charge on any atom is -0.462 e. The lowest BCUT2D eigenvalue weighted by atomic mass is 9.32. The number of rotatable bonds is 4. The third kappa shape index (κ3) is 4.63. The lowest BCUT2D eigenvalue weighted by Gasteiger charge is -2.73. The molecule has 0 unspecified atom stereocenters. The number of aliphatic hydroxyl groups excluding tert-OH is 1. The van der Waals surface area contributed by atoms with Crippen molar-refractivity contribution in [3.05, 3.63) is 12.2 Å². The summed E-state index contributed by atoms with van der Waals surface area (Å²) in [6.45, 7) is 24.2. The molecule has 0 bridgehead atoms. The highest BCUT2D eigenvalue weighted by atomic mass is 16.5. The number of carbonyl (C=O) groups excluding carboxylic acids is 1. The number of hydrogen-bond donors (Lipinski definition) is 1. The van der Waals surface area contributed by atoms with E-state index in [2.05, 4.69) is 64.9 Å². The molecule has 0 spiro atoms. The molecule has 6 fully saturated rings. The summed E-state index contributed by atoms with van der Waals surface area (Å²) >= 11 is 0. The Morgan fingerprint density at radius 1 is 0.907 bits per heavy atom. The van der Waals surface area contributed by atoms with E-state index in [0.717, 1.165) is 51.7 Å². The van der Waals surface area contributed by atoms with E-state index in [0.29, 0.717) is 29.6 Å². The normalized spacial score (nSPS) is 47.6. The van der Waals surface area contributed by atoms with E-state index in [1.54, 1.807) is 6.92 Å². The van der Waals surface area contributed by atoms with Crippen LogP contribution in [0.4, 0.5) is 0 Å². The molecule has 6 rings (SSSR count). The Hall–Kier alpha value is -1.31. The maximum Gasteiger partial charge on any atom is 0.302 e. The summed E-state index contributed by atoms with van der Waals surface area (Å²) in [5.74, 6) is 9.57. The standard InChI is InChI=1S/C39H61NO3/c1-26(2)28-15-20-39(32(42)12-11-25-40-23-9-10-24-40)22-21-37(7)29(34(28)39)13-14-31-36(6)18-17-33(43-27(3)41)35(4,5)30(36)16-19-38(31,37)8/h28-34,42H,1,9-10,13-25H2,2-8H3/t28-,29+,30-,31+,32+,33-,34+,36-,37+,38+,39+/m0/s1. The van der Waals surface area contributed by atoms with Gasteiger partial charge in [0.05, 0.1) is 6.54 Å². The molecule has 4 heteroatoms. The van der Waals surface area contributed by atoms with Crippen LogP contribution >= 0.6 is 0 Å². The van der Waals surface area contributed by atoms with Crippen LogP contribution in [0.5, 0.6) is 0 Å². The van der Waals surface area contributed by atoms with E-state index in [4.69, 9.17) is 4.74 Å². The molecular formula is C39H61NO3. The van der Waals surface area contributed by atoms with Gasteiger partial charge < -0.3 is 9.84 Å². The molecule has 0 aromatic carbocycles. The minimum atomic E-state index is -0.537. The SMILES string of the molecule is C=C(C)[C@@H]1CC[C@]2([C@H](O)C#CCN3CCCC3)CC[C@]3(C)[C@H](CC[C@@H]4[C@@]5(C)CC[C@H](OC(C)=O)C(C)(C)[C@@H]5CC[C@]43C)[C@@H]12. The van der Waals surface area contributed by atoms with Crippen molar-refractivity contribution in [2.75, 3.05) is 19.6 Å². The molecule has 43 heavy (non-hydrogen) atoms. The molecule has 1 saturated heterocycles. The molecule has 1 heterocycles. The summed E-state index contributed by atoms with van der Waals surface area (Å²) in [6.07, 6.45) is 13.8. The van der Waals surface area contributed by atoms with Gasteiger partial charge in [-0.05, 0) is 143 Å². The number of ether oxygens (including phenoxy) is 1. The summed E-state index contributed by atoms with van der Waals surface area (Å²) in [7, 11) is 0. The number of allylic oxidation sites excluding steroid dienone is 1. The van der Waals surface area contributed by atoms with Crippen molar-refractivity contribution in [2.45, 2.75) is 138 Å². The van der Waals surface area contributed by atoms with E-state index >= 15 is 0 Å². The topological polar surface area (TPSA) is 49.8 Å². The minimum absolute atomic E-state index is 0.00613. The molecule has 240 valence electrons. The largest absolute Gasteiger partial charge is 0.462 e. The quantitative estimate of drug-likeness (QED) is 0.204. The molecule has 0 aromatic rings. The van der Waals surface area contributed by atoms with Crippen molar-refractivity contribution >= 4 is 5.97 Å². The number of esters is 1. The predicted octanol–water partition coefficient (Wildman–Crippen LogP) is 8.04. The van der Waals surface area contributed by atoms with Gasteiger partial charge in [0.15, 0.2) is 0 Å². The maximum absolute atomic E-state index is 12.0. The lowest BCUT2D eigenvalue weighted by Crippen LogP contribution is -2.67. The number of nitrogens with zero attached hydrogens (tertiary/aromatic N) is 1. The molecule has 0 amide bonds. The monoisotopic (exact) mass is 591 g/mol. The van der Waals surface area contributed by atoms with Crippen LogP contribution in [0.25, 0.3) is 0 Å². The van der Waals surface area contributed by atoms with E-state index in [-0.39, 0.29) is 39.1 Å². The predicted molar refractivity (Wildman–Crippen MR) is 174 cm³/mol. The van der Waals surface area contributed by atoms with Gasteiger partial charge >= 0.3 is 5.97 Å². The first kappa shape index (κ1) is 31.7. The van der Waals surface area contributed by atoms with E-state index in [1.165, 1.54) is 50.5 Å². The summed E-state index contributed by atoms with van der Waals surface area (Å²) in [4.78, 5) is 14.5. The zero-order valence-electron chi connectivity index (χ0n) is 28.6. The first-order chi connectivity index (χ1) is 20.2. The van der Waals surface area contributed by atoms with Crippen molar-refractivity contribution < 1.29 is 14.6 Å². The molecule has 4 nitrogen and oxygen atoms in total. The number of hydrogen-bond acceptors (Lipinski definition) is 4. The zero-order chi connectivity index (χ0) is 31.0. The number of likely N-dealkylation sites (tertiary alicyclic amines) is 1. The van der Waals surface area contributed by atoms with Crippen LogP contribution < -0.4 is 0 Å². The Balaban J connectivity index is 1.31. The van der Waals surface area contributed by atoms with Crippen LogP contribution in [0.2, 0.25) is 0 Å². The second-order valence-electron chi connectivity index (χ2n) is 17.6. The van der Waals surface area contributed by atoms with Crippen LogP contribution in [0.1, 0.15) is 126 Å². The first-order valence-corrected chi connectivity index (χ1v) is 17.9. The van der Waals surface area contributed by atoms with Gasteiger partial charge in [0.25, 0.3) is 0 Å². The molecule has 0 aromatic heterocycles. The first-order valence-electron chi connectivity index (χ1n) is 17.9. The van der Waals surface area contributed by atoms with Crippen molar-refractivity contribution in [1.29, 1.82) is 0 Å². The molecule has 6 aliphatic rings. The second-order valence-corrected chi connectivity index (χ2v) is 17.6. The summed E-state index contributed by atoms with van der Waals surface area (Å²) < 4.78 is 5.95. The van der Waals surface area contributed by atoms with Crippen LogP contribution in [-0.2, 0) is 9.53 Å². The number of aliphatic hydroxyl groups is 1. The highest BCUT2D eigenvalue weighted by Crippen LogP contribution is 2.78. The van der Waals surface area contributed by atoms with E-state index in [9.17, 15) is 9.90 Å². The summed E-state index contributed by atoms with van der Waals surface area (Å²) in [5, 5.41) is 12.0. The smallest absolute Gasteiger partial charge is 0.302 e. The zero-order valence-corrected chi connectivity index (χ0v) is 28.6. The fraction of sp³-hybridized carbons (Fsp3) is 0.872. The van der Waals surface area contributed by atoms with E-state index < -0.39 is 6.10 Å². The molecule has 5 aliphatic carbocycles. The van der Waals surface area contributed by atoms with Crippen molar-refractivity contribution in [2.24, 2.45) is 56.7 Å². The lowest BCUT2D eigenvalue weighted by molar-refractivity contribution is -0.253. The number of fused-ring (bicyclic) bond motifs is 7. The van der Waals surface area contributed by atoms with Gasteiger partial charge in [-0.25, -0.2) is 0 Å². The Kier molecular flexibility index (Phi) is 8.03. The van der Waals surface area contributed by atoms with Crippen molar-refractivity contribution in [3.63, 3.8) is 0 Å². The van der Waals surface area contributed by atoms with Gasteiger partial charge in [-0.2, -0.15) is 0 Å². The molecule has 5 saturated carbocycles. The van der Waals surface area contributed by atoms with Gasteiger partial charge in [-0.1, -0.05) is 58.6 Å². The average Bonchev–Trinajstić information content (AvgIpc) is 3.59. The van der Waals surface area contributed by atoms with Crippen LogP contribution in [0.3, 0.4) is 0 Å².